The fraction of sp³-hybridized carbons (Fsp3) is 0.238. The second-order valence-corrected chi connectivity index (χ2v) is 6.24. The molecule has 0 radical (unpaired) electrons. The zero-order valence-electron chi connectivity index (χ0n) is 15.0. The summed E-state index contributed by atoms with van der Waals surface area (Å²) in [6, 6.07) is 18.8. The van der Waals surface area contributed by atoms with Crippen LogP contribution in [0.3, 0.4) is 0 Å². The average molecular weight is 332 g/mol. The zero-order chi connectivity index (χ0) is 17.6. The van der Waals surface area contributed by atoms with Gasteiger partial charge in [-0.25, -0.2) is 4.98 Å². The van der Waals surface area contributed by atoms with E-state index in [4.69, 9.17) is 0 Å². The number of aryl methyl sites for hydroxylation is 3. The third kappa shape index (κ3) is 4.80. The maximum Gasteiger partial charge on any atom is 0.229 e. The molecule has 0 fully saturated rings. The first-order chi connectivity index (χ1) is 12.1. The summed E-state index contributed by atoms with van der Waals surface area (Å²) in [5, 5.41) is 6.66. The standard InChI is InChI=1S/C21H24N4/c1-4-17-8-10-19(11-9-17)24-21-23-16(3)13-20(25-21)22-14-18-7-5-6-15(2)12-18/h5-13H,4,14H2,1-3H3,(H2,22,23,24,25). The molecule has 0 spiro atoms. The molecule has 0 saturated carbocycles. The van der Waals surface area contributed by atoms with E-state index in [1.165, 1.54) is 16.7 Å². The number of aromatic nitrogens is 2. The summed E-state index contributed by atoms with van der Waals surface area (Å²) in [7, 11) is 0. The Balaban J connectivity index is 1.71. The van der Waals surface area contributed by atoms with Crippen molar-refractivity contribution in [3.8, 4) is 0 Å². The van der Waals surface area contributed by atoms with Crippen LogP contribution < -0.4 is 10.6 Å². The molecule has 4 nitrogen and oxygen atoms in total. The first-order valence-corrected chi connectivity index (χ1v) is 8.63. The van der Waals surface area contributed by atoms with E-state index in [-0.39, 0.29) is 0 Å². The summed E-state index contributed by atoms with van der Waals surface area (Å²) in [6.07, 6.45) is 1.04. The highest BCUT2D eigenvalue weighted by atomic mass is 15.1. The van der Waals surface area contributed by atoms with Gasteiger partial charge in [-0.3, -0.25) is 0 Å². The van der Waals surface area contributed by atoms with Crippen LogP contribution in [0.15, 0.2) is 54.6 Å². The van der Waals surface area contributed by atoms with E-state index in [2.05, 4.69) is 83.0 Å². The van der Waals surface area contributed by atoms with Crippen molar-refractivity contribution in [3.05, 3.63) is 77.0 Å². The smallest absolute Gasteiger partial charge is 0.229 e. The molecule has 0 aliphatic rings. The molecule has 0 unspecified atom stereocenters. The largest absolute Gasteiger partial charge is 0.366 e. The Labute approximate surface area is 149 Å². The lowest BCUT2D eigenvalue weighted by Crippen LogP contribution is -2.05. The summed E-state index contributed by atoms with van der Waals surface area (Å²) >= 11 is 0. The van der Waals surface area contributed by atoms with Crippen LogP contribution in [0.2, 0.25) is 0 Å². The van der Waals surface area contributed by atoms with Gasteiger partial charge in [-0.15, -0.1) is 0 Å². The molecular formula is C21H24N4. The summed E-state index contributed by atoms with van der Waals surface area (Å²) < 4.78 is 0. The molecule has 3 rings (SSSR count). The van der Waals surface area contributed by atoms with Crippen molar-refractivity contribution in [2.45, 2.75) is 33.7 Å². The van der Waals surface area contributed by atoms with Crippen molar-refractivity contribution in [3.63, 3.8) is 0 Å². The quantitative estimate of drug-likeness (QED) is 0.666. The average Bonchev–Trinajstić information content (AvgIpc) is 2.60. The molecule has 0 aliphatic carbocycles. The van der Waals surface area contributed by atoms with Crippen molar-refractivity contribution in [1.29, 1.82) is 0 Å². The molecule has 25 heavy (non-hydrogen) atoms. The number of anilines is 3. The highest BCUT2D eigenvalue weighted by molar-refractivity contribution is 5.55. The molecule has 0 saturated heterocycles. The fourth-order valence-electron chi connectivity index (χ4n) is 2.68. The molecule has 0 bridgehead atoms. The zero-order valence-corrected chi connectivity index (χ0v) is 15.0. The van der Waals surface area contributed by atoms with Crippen LogP contribution in [0, 0.1) is 13.8 Å². The van der Waals surface area contributed by atoms with Gasteiger partial charge in [0.2, 0.25) is 5.95 Å². The fourth-order valence-corrected chi connectivity index (χ4v) is 2.68. The van der Waals surface area contributed by atoms with Crippen LogP contribution in [0.4, 0.5) is 17.5 Å². The van der Waals surface area contributed by atoms with Gasteiger partial charge in [0.25, 0.3) is 0 Å². The van der Waals surface area contributed by atoms with E-state index in [1.54, 1.807) is 0 Å². The van der Waals surface area contributed by atoms with Gasteiger partial charge >= 0.3 is 0 Å². The first-order valence-electron chi connectivity index (χ1n) is 8.63. The lowest BCUT2D eigenvalue weighted by atomic mass is 10.1. The van der Waals surface area contributed by atoms with E-state index >= 15 is 0 Å². The van der Waals surface area contributed by atoms with Crippen LogP contribution in [0.25, 0.3) is 0 Å². The minimum Gasteiger partial charge on any atom is -0.366 e. The van der Waals surface area contributed by atoms with E-state index in [9.17, 15) is 0 Å². The van der Waals surface area contributed by atoms with Crippen LogP contribution in [-0.4, -0.2) is 9.97 Å². The maximum absolute atomic E-state index is 4.58. The second-order valence-electron chi connectivity index (χ2n) is 6.24. The molecule has 3 aromatic rings. The Bertz CT molecular complexity index is 841. The van der Waals surface area contributed by atoms with Crippen LogP contribution in [0.5, 0.6) is 0 Å². The number of nitrogens with one attached hydrogen (secondary N) is 2. The molecule has 0 atom stereocenters. The Morgan fingerprint density at radius 1 is 0.880 bits per heavy atom. The van der Waals surface area contributed by atoms with Gasteiger partial charge in [0.15, 0.2) is 0 Å². The topological polar surface area (TPSA) is 49.8 Å². The summed E-state index contributed by atoms with van der Waals surface area (Å²) in [5.74, 6) is 1.43. The summed E-state index contributed by atoms with van der Waals surface area (Å²) in [5.41, 5.74) is 5.73. The monoisotopic (exact) mass is 332 g/mol. The third-order valence-electron chi connectivity index (χ3n) is 4.03. The summed E-state index contributed by atoms with van der Waals surface area (Å²) in [4.78, 5) is 9.05. The van der Waals surface area contributed by atoms with Gasteiger partial charge in [0, 0.05) is 24.0 Å². The van der Waals surface area contributed by atoms with E-state index in [0.29, 0.717) is 5.95 Å². The molecule has 2 aromatic carbocycles. The highest BCUT2D eigenvalue weighted by Gasteiger charge is 2.04. The van der Waals surface area contributed by atoms with E-state index in [1.807, 2.05) is 13.0 Å². The predicted octanol–water partition coefficient (Wildman–Crippen LogP) is 5.01. The minimum atomic E-state index is 0.607. The SMILES string of the molecule is CCc1ccc(Nc2nc(C)cc(NCc3cccc(C)c3)n2)cc1. The third-order valence-corrected chi connectivity index (χ3v) is 4.03. The molecule has 4 heteroatoms. The van der Waals surface area contributed by atoms with E-state index in [0.717, 1.165) is 30.2 Å². The predicted molar refractivity (Wildman–Crippen MR) is 104 cm³/mol. The maximum atomic E-state index is 4.58. The highest BCUT2D eigenvalue weighted by Crippen LogP contribution is 2.17. The van der Waals surface area contributed by atoms with Gasteiger partial charge in [-0.1, -0.05) is 48.9 Å². The molecule has 0 amide bonds. The molecular weight excluding hydrogens is 308 g/mol. The van der Waals surface area contributed by atoms with Crippen molar-refractivity contribution in [1.82, 2.24) is 9.97 Å². The van der Waals surface area contributed by atoms with Crippen molar-refractivity contribution >= 4 is 17.5 Å². The Morgan fingerprint density at radius 2 is 1.68 bits per heavy atom. The molecule has 1 aromatic heterocycles. The number of hydrogen-bond donors (Lipinski definition) is 2. The molecule has 1 heterocycles. The van der Waals surface area contributed by atoms with Gasteiger partial charge in [-0.2, -0.15) is 4.98 Å². The van der Waals surface area contributed by atoms with Crippen LogP contribution >= 0.6 is 0 Å². The van der Waals surface area contributed by atoms with Gasteiger partial charge in [0.1, 0.15) is 5.82 Å². The number of nitrogens with zero attached hydrogens (tertiary/aromatic N) is 2. The minimum absolute atomic E-state index is 0.607. The van der Waals surface area contributed by atoms with Crippen molar-refractivity contribution in [2.75, 3.05) is 10.6 Å². The number of benzene rings is 2. The van der Waals surface area contributed by atoms with Crippen LogP contribution in [-0.2, 0) is 13.0 Å². The normalized spacial score (nSPS) is 10.5. The Morgan fingerprint density at radius 3 is 2.40 bits per heavy atom. The van der Waals surface area contributed by atoms with Crippen molar-refractivity contribution < 1.29 is 0 Å². The number of rotatable bonds is 6. The van der Waals surface area contributed by atoms with Gasteiger partial charge < -0.3 is 10.6 Å². The molecule has 0 aliphatic heterocycles. The Hall–Kier alpha value is -2.88. The second kappa shape index (κ2) is 7.79. The van der Waals surface area contributed by atoms with Crippen LogP contribution in [0.1, 0.15) is 29.3 Å². The van der Waals surface area contributed by atoms with Crippen molar-refractivity contribution in [2.24, 2.45) is 0 Å². The lowest BCUT2D eigenvalue weighted by molar-refractivity contribution is 1.06. The first kappa shape index (κ1) is 17.0. The molecule has 128 valence electrons. The van der Waals surface area contributed by atoms with Gasteiger partial charge in [0.05, 0.1) is 0 Å². The summed E-state index contributed by atoms with van der Waals surface area (Å²) in [6.45, 7) is 6.97. The molecule has 2 N–H and O–H groups in total. The number of hydrogen-bond acceptors (Lipinski definition) is 4. The lowest BCUT2D eigenvalue weighted by Gasteiger charge is -2.11. The Kier molecular flexibility index (Phi) is 5.29. The van der Waals surface area contributed by atoms with Gasteiger partial charge in [-0.05, 0) is 43.5 Å². The van der Waals surface area contributed by atoms with E-state index < -0.39 is 0 Å².